The van der Waals surface area contributed by atoms with Crippen molar-refractivity contribution in [3.63, 3.8) is 0 Å². The minimum Gasteiger partial charge on any atom is -0.427 e. The van der Waals surface area contributed by atoms with Gasteiger partial charge in [-0.05, 0) is 57.8 Å². The Kier molecular flexibility index (Phi) is 6.01. The molecule has 1 heterocycles. The maximum atomic E-state index is 15.0. The lowest BCUT2D eigenvalue weighted by Gasteiger charge is -2.37. The van der Waals surface area contributed by atoms with Gasteiger partial charge in [-0.3, -0.25) is 9.69 Å². The van der Waals surface area contributed by atoms with E-state index < -0.39 is 23.1 Å². The third-order valence-corrected chi connectivity index (χ3v) is 5.60. The van der Waals surface area contributed by atoms with Crippen LogP contribution in [-0.4, -0.2) is 42.7 Å². The Bertz CT molecular complexity index is 972. The van der Waals surface area contributed by atoms with Crippen LogP contribution >= 0.6 is 0 Å². The van der Waals surface area contributed by atoms with Gasteiger partial charge in [0.2, 0.25) is 0 Å². The van der Waals surface area contributed by atoms with Crippen LogP contribution in [0.25, 0.3) is 0 Å². The molecule has 30 heavy (non-hydrogen) atoms. The van der Waals surface area contributed by atoms with E-state index in [4.69, 9.17) is 4.65 Å². The van der Waals surface area contributed by atoms with Crippen molar-refractivity contribution < 1.29 is 23.7 Å². The van der Waals surface area contributed by atoms with Crippen molar-refractivity contribution >= 4 is 36.6 Å². The molecule has 6 nitrogen and oxygen atoms in total. The number of benzene rings is 2. The Labute approximate surface area is 176 Å². The molecule has 157 valence electrons. The van der Waals surface area contributed by atoms with E-state index in [1.54, 1.807) is 64.1 Å². The van der Waals surface area contributed by atoms with Crippen LogP contribution in [0.15, 0.2) is 36.4 Å². The highest BCUT2D eigenvalue weighted by molar-refractivity contribution is 6.47. The Morgan fingerprint density at radius 1 is 1.27 bits per heavy atom. The molecule has 1 radical (unpaired) electrons. The predicted octanol–water partition coefficient (Wildman–Crippen LogP) is 3.04. The summed E-state index contributed by atoms with van der Waals surface area (Å²) in [5.41, 5.74) is 0.0981. The van der Waals surface area contributed by atoms with E-state index >= 15 is 4.39 Å². The molecular formula is C22H25BFN2O4. The number of amides is 2. The number of aliphatic hydroxyl groups is 1. The molecule has 0 aliphatic carbocycles. The van der Waals surface area contributed by atoms with Crippen LogP contribution < -0.4 is 15.7 Å². The van der Waals surface area contributed by atoms with Gasteiger partial charge in [-0.25, -0.2) is 9.18 Å². The second-order valence-electron chi connectivity index (χ2n) is 8.35. The molecule has 0 fully saturated rings. The van der Waals surface area contributed by atoms with Crippen molar-refractivity contribution in [3.8, 4) is 0 Å². The molecule has 0 bridgehead atoms. The number of rotatable bonds is 6. The molecule has 2 aromatic rings. The third kappa shape index (κ3) is 4.39. The molecule has 0 unspecified atom stereocenters. The first-order valence-corrected chi connectivity index (χ1v) is 9.72. The number of nitrogens with one attached hydrogen (secondary N) is 1. The first-order valence-electron chi connectivity index (χ1n) is 9.72. The number of fused-ring (bicyclic) bond motifs is 1. The zero-order valence-electron chi connectivity index (χ0n) is 17.5. The molecule has 8 heteroatoms. The van der Waals surface area contributed by atoms with Gasteiger partial charge in [0.1, 0.15) is 12.1 Å². The third-order valence-electron chi connectivity index (χ3n) is 5.60. The fourth-order valence-corrected chi connectivity index (χ4v) is 3.00. The fraction of sp³-hybridized carbons (Fsp3) is 0.364. The summed E-state index contributed by atoms with van der Waals surface area (Å²) in [6.07, 6.45) is 1.08. The second-order valence-corrected chi connectivity index (χ2v) is 8.35. The highest BCUT2D eigenvalue weighted by Crippen LogP contribution is 2.30. The topological polar surface area (TPSA) is 78.9 Å². The standard InChI is InChI=1S/C22H25BFN2O4/c1-21(2,29)22(3,4)30-23-17-8-9-18-16(19(17)24)10-11-26(18)20(28)25-15-7-5-6-14(12-15)13-27/h5-9,12-13,29H,10-11H2,1-4H3,(H,25,28). The van der Waals surface area contributed by atoms with E-state index in [-0.39, 0.29) is 5.46 Å². The van der Waals surface area contributed by atoms with Gasteiger partial charge in [-0.1, -0.05) is 18.2 Å². The summed E-state index contributed by atoms with van der Waals surface area (Å²) in [5, 5.41) is 12.9. The van der Waals surface area contributed by atoms with Gasteiger partial charge in [0.05, 0.1) is 16.9 Å². The lowest BCUT2D eigenvalue weighted by molar-refractivity contribution is -0.0893. The average Bonchev–Trinajstić information content (AvgIpc) is 3.12. The molecule has 0 atom stereocenters. The second kappa shape index (κ2) is 8.20. The molecule has 0 spiro atoms. The number of anilines is 2. The quantitative estimate of drug-likeness (QED) is 0.566. The van der Waals surface area contributed by atoms with E-state index in [0.717, 1.165) is 0 Å². The number of hydrogen-bond acceptors (Lipinski definition) is 4. The van der Waals surface area contributed by atoms with Crippen LogP contribution in [0, 0.1) is 5.82 Å². The van der Waals surface area contributed by atoms with Gasteiger partial charge >= 0.3 is 13.5 Å². The minimum atomic E-state index is -1.12. The summed E-state index contributed by atoms with van der Waals surface area (Å²) >= 11 is 0. The number of urea groups is 1. The molecule has 2 aromatic carbocycles. The largest absolute Gasteiger partial charge is 0.427 e. The van der Waals surface area contributed by atoms with Crippen molar-refractivity contribution in [2.75, 3.05) is 16.8 Å². The van der Waals surface area contributed by atoms with Crippen LogP contribution in [0.1, 0.15) is 43.6 Å². The lowest BCUT2D eigenvalue weighted by atomic mass is 9.81. The SMILES string of the molecule is CC(C)(O)C(C)(C)O[B]c1ccc2c(c1F)CCN2C(=O)Nc1cccc(C=O)c1. The van der Waals surface area contributed by atoms with Crippen molar-refractivity contribution in [1.29, 1.82) is 0 Å². The van der Waals surface area contributed by atoms with Gasteiger partial charge in [-0.2, -0.15) is 0 Å². The monoisotopic (exact) mass is 411 g/mol. The Morgan fingerprint density at radius 3 is 2.67 bits per heavy atom. The summed E-state index contributed by atoms with van der Waals surface area (Å²) in [4.78, 5) is 25.1. The van der Waals surface area contributed by atoms with E-state index in [9.17, 15) is 14.7 Å². The first-order chi connectivity index (χ1) is 14.0. The number of nitrogens with zero attached hydrogens (tertiary/aromatic N) is 1. The maximum Gasteiger partial charge on any atom is 0.333 e. The maximum absolute atomic E-state index is 15.0. The Hall–Kier alpha value is -2.71. The summed E-state index contributed by atoms with van der Waals surface area (Å²) in [7, 11) is 1.31. The van der Waals surface area contributed by atoms with Gasteiger partial charge < -0.3 is 15.1 Å². The van der Waals surface area contributed by atoms with Crippen LogP contribution in [0.4, 0.5) is 20.6 Å². The number of carbonyl (C=O) groups excluding carboxylic acids is 2. The number of halogens is 1. The molecule has 2 N–H and O–H groups in total. The summed E-state index contributed by atoms with van der Waals surface area (Å²) in [6, 6.07) is 9.40. The number of carbonyl (C=O) groups is 2. The molecule has 1 aliphatic rings. The van der Waals surface area contributed by atoms with Crippen molar-refractivity contribution in [3.05, 3.63) is 53.3 Å². The number of aldehydes is 1. The molecular weight excluding hydrogens is 386 g/mol. The average molecular weight is 411 g/mol. The van der Waals surface area contributed by atoms with E-state index in [2.05, 4.69) is 5.32 Å². The highest BCUT2D eigenvalue weighted by atomic mass is 19.1. The van der Waals surface area contributed by atoms with Gasteiger partial charge in [0.15, 0.2) is 0 Å². The summed E-state index contributed by atoms with van der Waals surface area (Å²) in [5.74, 6) is -0.447. The Morgan fingerprint density at radius 2 is 2.00 bits per heavy atom. The zero-order chi connectivity index (χ0) is 22.1. The predicted molar refractivity (Wildman–Crippen MR) is 115 cm³/mol. The molecule has 1 aliphatic heterocycles. The molecule has 0 saturated heterocycles. The summed E-state index contributed by atoms with van der Waals surface area (Å²) in [6.45, 7) is 7.04. The van der Waals surface area contributed by atoms with Crippen molar-refractivity contribution in [1.82, 2.24) is 0 Å². The van der Waals surface area contributed by atoms with Crippen LogP contribution in [0.5, 0.6) is 0 Å². The Balaban J connectivity index is 1.75. The van der Waals surface area contributed by atoms with Gasteiger partial charge in [0.25, 0.3) is 0 Å². The molecule has 0 saturated carbocycles. The molecule has 0 aromatic heterocycles. The van der Waals surface area contributed by atoms with Crippen LogP contribution in [-0.2, 0) is 11.1 Å². The van der Waals surface area contributed by atoms with Gasteiger partial charge in [-0.15, -0.1) is 0 Å². The fourth-order valence-electron chi connectivity index (χ4n) is 3.00. The molecule has 2 amide bonds. The van der Waals surface area contributed by atoms with E-state index in [1.807, 2.05) is 0 Å². The van der Waals surface area contributed by atoms with Crippen molar-refractivity contribution in [2.45, 2.75) is 45.3 Å². The lowest BCUT2D eigenvalue weighted by Crippen LogP contribution is -2.49. The zero-order valence-corrected chi connectivity index (χ0v) is 17.5. The molecule has 3 rings (SSSR count). The van der Waals surface area contributed by atoms with Crippen LogP contribution in [0.2, 0.25) is 0 Å². The van der Waals surface area contributed by atoms with E-state index in [0.29, 0.717) is 41.8 Å². The minimum absolute atomic E-state index is 0.256. The summed E-state index contributed by atoms with van der Waals surface area (Å²) < 4.78 is 20.7. The normalized spacial score (nSPS) is 13.7. The van der Waals surface area contributed by atoms with E-state index in [1.165, 1.54) is 12.4 Å². The van der Waals surface area contributed by atoms with Crippen LogP contribution in [0.3, 0.4) is 0 Å². The van der Waals surface area contributed by atoms with Crippen molar-refractivity contribution in [2.24, 2.45) is 0 Å². The highest BCUT2D eigenvalue weighted by Gasteiger charge is 2.36. The smallest absolute Gasteiger partial charge is 0.333 e. The number of hydrogen-bond donors (Lipinski definition) is 2. The first kappa shape index (κ1) is 22.0. The van der Waals surface area contributed by atoms with Gasteiger partial charge in [0, 0.05) is 23.4 Å².